The molecule has 0 aliphatic rings. The third kappa shape index (κ3) is 12.2. The van der Waals surface area contributed by atoms with Gasteiger partial charge in [-0.1, -0.05) is 94.5 Å². The SMILES string of the molecule is CCCCCCCCCCCCC(OC(=O)N(C)CCCOC)c1cccc(C)c1. The first-order valence-corrected chi connectivity index (χ1v) is 12.1. The zero-order chi connectivity index (χ0) is 22.0. The molecule has 0 saturated heterocycles. The summed E-state index contributed by atoms with van der Waals surface area (Å²) in [5, 5.41) is 0. The van der Waals surface area contributed by atoms with Gasteiger partial charge in [-0.05, 0) is 31.7 Å². The molecule has 0 aromatic heterocycles. The molecule has 0 saturated carbocycles. The molecular formula is C26H45NO3. The van der Waals surface area contributed by atoms with Crippen LogP contribution in [0, 0.1) is 6.92 Å². The normalized spacial score (nSPS) is 12.0. The number of rotatable bonds is 17. The lowest BCUT2D eigenvalue weighted by molar-refractivity contribution is 0.0610. The first-order valence-electron chi connectivity index (χ1n) is 12.1. The molecule has 4 heteroatoms. The van der Waals surface area contributed by atoms with Crippen LogP contribution in [0.4, 0.5) is 4.79 Å². The van der Waals surface area contributed by atoms with Crippen molar-refractivity contribution in [1.29, 1.82) is 0 Å². The van der Waals surface area contributed by atoms with E-state index in [0.29, 0.717) is 13.2 Å². The van der Waals surface area contributed by atoms with Gasteiger partial charge in [0.05, 0.1) is 0 Å². The van der Waals surface area contributed by atoms with Crippen molar-refractivity contribution in [2.45, 2.75) is 97.0 Å². The Bertz CT molecular complexity index is 561. The Morgan fingerprint density at radius 2 is 1.60 bits per heavy atom. The smallest absolute Gasteiger partial charge is 0.410 e. The van der Waals surface area contributed by atoms with E-state index in [4.69, 9.17) is 9.47 Å². The minimum absolute atomic E-state index is 0.170. The van der Waals surface area contributed by atoms with Crippen LogP contribution in [0.5, 0.6) is 0 Å². The average Bonchev–Trinajstić information content (AvgIpc) is 2.74. The van der Waals surface area contributed by atoms with Crippen LogP contribution in [-0.4, -0.2) is 38.3 Å². The van der Waals surface area contributed by atoms with Crippen molar-refractivity contribution in [2.75, 3.05) is 27.3 Å². The summed E-state index contributed by atoms with van der Waals surface area (Å²) in [6.45, 7) is 5.64. The van der Waals surface area contributed by atoms with Crippen molar-refractivity contribution in [3.8, 4) is 0 Å². The van der Waals surface area contributed by atoms with Crippen molar-refractivity contribution >= 4 is 6.09 Å². The number of hydrogen-bond acceptors (Lipinski definition) is 3. The van der Waals surface area contributed by atoms with Crippen molar-refractivity contribution in [2.24, 2.45) is 0 Å². The second-order valence-electron chi connectivity index (χ2n) is 8.53. The van der Waals surface area contributed by atoms with E-state index in [1.165, 1.54) is 63.4 Å². The summed E-state index contributed by atoms with van der Waals surface area (Å²) in [4.78, 5) is 14.2. The molecule has 0 fully saturated rings. The minimum atomic E-state index is -0.246. The number of aryl methyl sites for hydroxylation is 1. The van der Waals surface area contributed by atoms with Crippen LogP contribution in [0.25, 0.3) is 0 Å². The maximum absolute atomic E-state index is 12.6. The monoisotopic (exact) mass is 419 g/mol. The Balaban J connectivity index is 2.41. The molecule has 0 spiro atoms. The summed E-state index contributed by atoms with van der Waals surface area (Å²) in [5.41, 5.74) is 2.30. The molecule has 1 amide bonds. The molecule has 0 N–H and O–H groups in total. The van der Waals surface area contributed by atoms with Crippen LogP contribution >= 0.6 is 0 Å². The van der Waals surface area contributed by atoms with E-state index in [2.05, 4.69) is 32.0 Å². The summed E-state index contributed by atoms with van der Waals surface area (Å²) in [7, 11) is 3.48. The fourth-order valence-corrected chi connectivity index (χ4v) is 3.73. The molecule has 30 heavy (non-hydrogen) atoms. The standard InChI is InChI=1S/C26H45NO3/c1-5-6-7-8-9-10-11-12-13-14-19-25(24-18-15-17-23(2)22-24)30-26(28)27(3)20-16-21-29-4/h15,17-18,22,25H,5-14,16,19-21H2,1-4H3. The van der Waals surface area contributed by atoms with Crippen LogP contribution < -0.4 is 0 Å². The number of benzene rings is 1. The van der Waals surface area contributed by atoms with Gasteiger partial charge in [0.2, 0.25) is 0 Å². The molecule has 1 unspecified atom stereocenters. The Morgan fingerprint density at radius 3 is 2.20 bits per heavy atom. The van der Waals surface area contributed by atoms with Crippen molar-refractivity contribution in [3.63, 3.8) is 0 Å². The highest BCUT2D eigenvalue weighted by molar-refractivity contribution is 5.67. The summed E-state index contributed by atoms with van der Waals surface area (Å²) < 4.78 is 11.0. The second-order valence-corrected chi connectivity index (χ2v) is 8.53. The van der Waals surface area contributed by atoms with Crippen LogP contribution in [0.1, 0.15) is 101 Å². The largest absolute Gasteiger partial charge is 0.441 e. The summed E-state index contributed by atoms with van der Waals surface area (Å²) >= 11 is 0. The van der Waals surface area contributed by atoms with Crippen LogP contribution in [0.2, 0.25) is 0 Å². The lowest BCUT2D eigenvalue weighted by Gasteiger charge is -2.23. The average molecular weight is 420 g/mol. The van der Waals surface area contributed by atoms with E-state index in [-0.39, 0.29) is 12.2 Å². The molecule has 0 bridgehead atoms. The van der Waals surface area contributed by atoms with Gasteiger partial charge in [-0.2, -0.15) is 0 Å². The number of amides is 1. The van der Waals surface area contributed by atoms with E-state index < -0.39 is 0 Å². The quantitative estimate of drug-likeness (QED) is 0.246. The molecule has 0 aliphatic carbocycles. The van der Waals surface area contributed by atoms with E-state index in [0.717, 1.165) is 24.8 Å². The van der Waals surface area contributed by atoms with Gasteiger partial charge in [-0.3, -0.25) is 0 Å². The number of ether oxygens (including phenoxy) is 2. The highest BCUT2D eigenvalue weighted by Gasteiger charge is 2.19. The first-order chi connectivity index (χ1) is 14.6. The van der Waals surface area contributed by atoms with Crippen molar-refractivity contribution < 1.29 is 14.3 Å². The maximum Gasteiger partial charge on any atom is 0.410 e. The Labute approximate surface area is 185 Å². The lowest BCUT2D eigenvalue weighted by atomic mass is 10.00. The van der Waals surface area contributed by atoms with E-state index in [1.54, 1.807) is 19.1 Å². The molecule has 1 aromatic carbocycles. The number of unbranched alkanes of at least 4 members (excludes halogenated alkanes) is 9. The van der Waals surface area contributed by atoms with Crippen molar-refractivity contribution in [3.05, 3.63) is 35.4 Å². The molecule has 1 aromatic rings. The highest BCUT2D eigenvalue weighted by Crippen LogP contribution is 2.26. The molecule has 1 rings (SSSR count). The molecule has 0 heterocycles. The Hall–Kier alpha value is -1.55. The Kier molecular flexibility index (Phi) is 15.2. The molecule has 0 aliphatic heterocycles. The van der Waals surface area contributed by atoms with Gasteiger partial charge in [0.1, 0.15) is 6.10 Å². The first kappa shape index (κ1) is 26.5. The second kappa shape index (κ2) is 17.2. The number of carbonyl (C=O) groups is 1. The van der Waals surface area contributed by atoms with E-state index in [9.17, 15) is 4.79 Å². The van der Waals surface area contributed by atoms with Crippen LogP contribution in [-0.2, 0) is 9.47 Å². The lowest BCUT2D eigenvalue weighted by Crippen LogP contribution is -2.30. The van der Waals surface area contributed by atoms with E-state index >= 15 is 0 Å². The van der Waals surface area contributed by atoms with Gasteiger partial charge in [0, 0.05) is 27.3 Å². The highest BCUT2D eigenvalue weighted by atomic mass is 16.6. The third-order valence-electron chi connectivity index (χ3n) is 5.63. The molecule has 4 nitrogen and oxygen atoms in total. The summed E-state index contributed by atoms with van der Waals surface area (Å²) in [6, 6.07) is 8.34. The number of methoxy groups -OCH3 is 1. The number of carbonyl (C=O) groups excluding carboxylic acids is 1. The van der Waals surface area contributed by atoms with E-state index in [1.807, 2.05) is 6.07 Å². The summed E-state index contributed by atoms with van der Waals surface area (Å²) in [5.74, 6) is 0. The van der Waals surface area contributed by atoms with Crippen LogP contribution in [0.3, 0.4) is 0 Å². The van der Waals surface area contributed by atoms with Crippen molar-refractivity contribution in [1.82, 2.24) is 4.90 Å². The molecule has 0 radical (unpaired) electrons. The van der Waals surface area contributed by atoms with Gasteiger partial charge < -0.3 is 14.4 Å². The molecule has 172 valence electrons. The zero-order valence-corrected chi connectivity index (χ0v) is 20.0. The summed E-state index contributed by atoms with van der Waals surface area (Å²) in [6.07, 6.45) is 14.4. The number of hydrogen-bond donors (Lipinski definition) is 0. The Morgan fingerprint density at radius 1 is 0.967 bits per heavy atom. The minimum Gasteiger partial charge on any atom is -0.441 e. The van der Waals surface area contributed by atoms with Gasteiger partial charge in [0.25, 0.3) is 0 Å². The predicted molar refractivity (Wildman–Crippen MR) is 126 cm³/mol. The topological polar surface area (TPSA) is 38.8 Å². The fraction of sp³-hybridized carbons (Fsp3) is 0.731. The van der Waals surface area contributed by atoms with Gasteiger partial charge >= 0.3 is 6.09 Å². The fourth-order valence-electron chi connectivity index (χ4n) is 3.73. The number of nitrogens with zero attached hydrogens (tertiary/aromatic N) is 1. The van der Waals surface area contributed by atoms with Gasteiger partial charge in [-0.15, -0.1) is 0 Å². The predicted octanol–water partition coefficient (Wildman–Crippen LogP) is 7.45. The zero-order valence-electron chi connectivity index (χ0n) is 20.0. The van der Waals surface area contributed by atoms with Gasteiger partial charge in [-0.25, -0.2) is 4.79 Å². The van der Waals surface area contributed by atoms with Crippen LogP contribution in [0.15, 0.2) is 24.3 Å². The maximum atomic E-state index is 12.6. The van der Waals surface area contributed by atoms with Gasteiger partial charge in [0.15, 0.2) is 0 Å². The molecular weight excluding hydrogens is 374 g/mol. The third-order valence-corrected chi connectivity index (χ3v) is 5.63. The molecule has 1 atom stereocenters.